The number of ether oxygens (including phenoxy) is 1. The van der Waals surface area contributed by atoms with Gasteiger partial charge in [0.2, 0.25) is 0 Å². The smallest absolute Gasteiger partial charge is 0.273 e. The van der Waals surface area contributed by atoms with E-state index in [2.05, 4.69) is 26.1 Å². The highest BCUT2D eigenvalue weighted by Crippen LogP contribution is 2.31. The first kappa shape index (κ1) is 15.9. The molecule has 0 bridgehead atoms. The molecule has 1 heterocycles. The summed E-state index contributed by atoms with van der Waals surface area (Å²) in [7, 11) is -2.37. The topological polar surface area (TPSA) is 100 Å². The summed E-state index contributed by atoms with van der Waals surface area (Å²) in [5.41, 5.74) is 0.707. The molecule has 0 saturated heterocycles. The largest absolute Gasteiger partial charge is 0.496 e. The predicted octanol–water partition coefficient (Wildman–Crippen LogP) is 1.94. The van der Waals surface area contributed by atoms with E-state index in [1.54, 1.807) is 25.3 Å². The highest BCUT2D eigenvalue weighted by atomic mass is 79.9. The average molecular weight is 375 g/mol. The SMILES string of the molecule is COc1ccc(-c2nnc(S(N)(=O)=O)n2C(C)C)cc1Br. The number of halogens is 1. The van der Waals surface area contributed by atoms with Crippen molar-refractivity contribution >= 4 is 26.0 Å². The average Bonchev–Trinajstić information content (AvgIpc) is 2.83. The molecule has 1 aromatic heterocycles. The predicted molar refractivity (Wildman–Crippen MR) is 81.5 cm³/mol. The number of sulfonamides is 1. The van der Waals surface area contributed by atoms with E-state index in [9.17, 15) is 8.42 Å². The summed E-state index contributed by atoms with van der Waals surface area (Å²) in [6, 6.07) is 5.16. The van der Waals surface area contributed by atoms with Crippen LogP contribution < -0.4 is 9.88 Å². The van der Waals surface area contributed by atoms with Gasteiger partial charge in [-0.3, -0.25) is 4.57 Å². The zero-order chi connectivity index (χ0) is 15.8. The summed E-state index contributed by atoms with van der Waals surface area (Å²) in [6.07, 6.45) is 0. The molecular weight excluding hydrogens is 360 g/mol. The highest BCUT2D eigenvalue weighted by Gasteiger charge is 2.24. The van der Waals surface area contributed by atoms with Gasteiger partial charge >= 0.3 is 0 Å². The fraction of sp³-hybridized carbons (Fsp3) is 0.333. The van der Waals surface area contributed by atoms with Crippen molar-refractivity contribution in [1.29, 1.82) is 0 Å². The van der Waals surface area contributed by atoms with Crippen molar-refractivity contribution in [3.8, 4) is 17.1 Å². The van der Waals surface area contributed by atoms with Crippen LogP contribution in [0.2, 0.25) is 0 Å². The molecule has 0 aliphatic rings. The van der Waals surface area contributed by atoms with Crippen molar-refractivity contribution in [2.45, 2.75) is 25.0 Å². The van der Waals surface area contributed by atoms with Gasteiger partial charge in [-0.1, -0.05) is 0 Å². The Bertz CT molecular complexity index is 771. The molecule has 0 fully saturated rings. The van der Waals surface area contributed by atoms with E-state index in [0.717, 1.165) is 4.47 Å². The molecule has 0 saturated carbocycles. The second-order valence-electron chi connectivity index (χ2n) is 4.66. The Morgan fingerprint density at radius 1 is 1.33 bits per heavy atom. The van der Waals surface area contributed by atoms with Crippen LogP contribution in [-0.2, 0) is 10.0 Å². The number of nitrogens with zero attached hydrogens (tertiary/aromatic N) is 3. The number of nitrogens with two attached hydrogens (primary N) is 1. The Balaban J connectivity index is 2.65. The molecule has 2 aromatic rings. The number of benzene rings is 1. The van der Waals surface area contributed by atoms with Crippen molar-refractivity contribution in [2.24, 2.45) is 5.14 Å². The van der Waals surface area contributed by atoms with Gasteiger partial charge in [0.05, 0.1) is 11.6 Å². The lowest BCUT2D eigenvalue weighted by Gasteiger charge is -2.13. The van der Waals surface area contributed by atoms with E-state index in [1.165, 1.54) is 4.57 Å². The summed E-state index contributed by atoms with van der Waals surface area (Å²) in [5, 5.41) is 12.6. The summed E-state index contributed by atoms with van der Waals surface area (Å²) in [4.78, 5) is 0. The first-order valence-corrected chi connectivity index (χ1v) is 8.41. The minimum atomic E-state index is -3.94. The van der Waals surface area contributed by atoms with Crippen LogP contribution in [-0.4, -0.2) is 30.3 Å². The van der Waals surface area contributed by atoms with Crippen molar-refractivity contribution in [3.63, 3.8) is 0 Å². The fourth-order valence-corrected chi connectivity index (χ4v) is 3.21. The number of aromatic nitrogens is 3. The third-order valence-electron chi connectivity index (χ3n) is 2.85. The van der Waals surface area contributed by atoms with Gasteiger partial charge in [0, 0.05) is 11.6 Å². The van der Waals surface area contributed by atoms with E-state index in [1.807, 2.05) is 13.8 Å². The van der Waals surface area contributed by atoms with E-state index < -0.39 is 10.0 Å². The molecule has 7 nitrogen and oxygen atoms in total. The van der Waals surface area contributed by atoms with Crippen molar-refractivity contribution in [1.82, 2.24) is 14.8 Å². The van der Waals surface area contributed by atoms with Crippen molar-refractivity contribution < 1.29 is 13.2 Å². The van der Waals surface area contributed by atoms with Gasteiger partial charge in [-0.2, -0.15) is 0 Å². The van der Waals surface area contributed by atoms with Gasteiger partial charge < -0.3 is 4.74 Å². The fourth-order valence-electron chi connectivity index (χ4n) is 1.94. The lowest BCUT2D eigenvalue weighted by molar-refractivity contribution is 0.412. The van der Waals surface area contributed by atoms with Gasteiger partial charge in [0.15, 0.2) is 5.82 Å². The van der Waals surface area contributed by atoms with Crippen LogP contribution in [0.5, 0.6) is 5.75 Å². The maximum Gasteiger partial charge on any atom is 0.273 e. The van der Waals surface area contributed by atoms with Gasteiger partial charge in [0.1, 0.15) is 5.75 Å². The van der Waals surface area contributed by atoms with Gasteiger partial charge in [-0.05, 0) is 48.0 Å². The first-order valence-electron chi connectivity index (χ1n) is 6.07. The molecule has 1 aromatic carbocycles. The number of primary sulfonamides is 1. The summed E-state index contributed by atoms with van der Waals surface area (Å²) >= 11 is 3.39. The summed E-state index contributed by atoms with van der Waals surface area (Å²) in [5.74, 6) is 1.10. The van der Waals surface area contributed by atoms with Crippen LogP contribution >= 0.6 is 15.9 Å². The van der Waals surface area contributed by atoms with Gasteiger partial charge in [-0.25, -0.2) is 13.6 Å². The molecule has 0 aliphatic heterocycles. The molecule has 114 valence electrons. The van der Waals surface area contributed by atoms with Crippen LogP contribution in [0.3, 0.4) is 0 Å². The highest BCUT2D eigenvalue weighted by molar-refractivity contribution is 9.10. The Morgan fingerprint density at radius 3 is 2.48 bits per heavy atom. The van der Waals surface area contributed by atoms with Gasteiger partial charge in [-0.15, -0.1) is 10.2 Å². The third-order valence-corrected chi connectivity index (χ3v) is 4.25. The van der Waals surface area contributed by atoms with E-state index >= 15 is 0 Å². The molecular formula is C12H15BrN4O3S. The van der Waals surface area contributed by atoms with Crippen LogP contribution in [0.1, 0.15) is 19.9 Å². The van der Waals surface area contributed by atoms with Crippen LogP contribution in [0.4, 0.5) is 0 Å². The van der Waals surface area contributed by atoms with E-state index in [-0.39, 0.29) is 11.2 Å². The van der Waals surface area contributed by atoms with E-state index in [0.29, 0.717) is 17.1 Å². The molecule has 0 aliphatic carbocycles. The van der Waals surface area contributed by atoms with Crippen molar-refractivity contribution in [3.05, 3.63) is 22.7 Å². The normalized spacial score (nSPS) is 11.9. The Kier molecular flexibility index (Phi) is 4.35. The first-order chi connectivity index (χ1) is 9.75. The molecule has 0 spiro atoms. The zero-order valence-corrected chi connectivity index (χ0v) is 14.1. The maximum absolute atomic E-state index is 11.6. The minimum absolute atomic E-state index is 0.163. The molecule has 9 heteroatoms. The monoisotopic (exact) mass is 374 g/mol. The number of methoxy groups -OCH3 is 1. The zero-order valence-electron chi connectivity index (χ0n) is 11.7. The lowest BCUT2D eigenvalue weighted by atomic mass is 10.2. The Hall–Kier alpha value is -1.45. The van der Waals surface area contributed by atoms with Crippen LogP contribution in [0.15, 0.2) is 27.8 Å². The standard InChI is InChI=1S/C12H15BrN4O3S/c1-7(2)17-11(15-16-12(17)21(14,18)19)8-4-5-10(20-3)9(13)6-8/h4-7H,1-3H3,(H2,14,18,19). The molecule has 2 rings (SSSR count). The van der Waals surface area contributed by atoms with Crippen molar-refractivity contribution in [2.75, 3.05) is 7.11 Å². The number of rotatable bonds is 4. The number of hydrogen-bond acceptors (Lipinski definition) is 5. The summed E-state index contributed by atoms with van der Waals surface area (Å²) < 4.78 is 30.6. The molecule has 0 unspecified atom stereocenters. The Morgan fingerprint density at radius 2 is 2.00 bits per heavy atom. The van der Waals surface area contributed by atoms with Crippen LogP contribution in [0, 0.1) is 0 Å². The van der Waals surface area contributed by atoms with Crippen LogP contribution in [0.25, 0.3) is 11.4 Å². The number of hydrogen-bond donors (Lipinski definition) is 1. The lowest BCUT2D eigenvalue weighted by Crippen LogP contribution is -2.20. The quantitative estimate of drug-likeness (QED) is 0.880. The second-order valence-corrected chi connectivity index (χ2v) is 6.97. The Labute approximate surface area is 131 Å². The molecule has 0 radical (unpaired) electrons. The molecule has 0 atom stereocenters. The third kappa shape index (κ3) is 3.09. The second kappa shape index (κ2) is 5.74. The van der Waals surface area contributed by atoms with E-state index in [4.69, 9.17) is 9.88 Å². The maximum atomic E-state index is 11.6. The molecule has 2 N–H and O–H groups in total. The minimum Gasteiger partial charge on any atom is -0.496 e. The van der Waals surface area contributed by atoms with Gasteiger partial charge in [0.25, 0.3) is 15.2 Å². The summed E-state index contributed by atoms with van der Waals surface area (Å²) in [6.45, 7) is 3.67. The molecule has 21 heavy (non-hydrogen) atoms. The molecule has 0 amide bonds.